The summed E-state index contributed by atoms with van der Waals surface area (Å²) < 4.78 is 18.1. The van der Waals surface area contributed by atoms with Crippen LogP contribution in [0.3, 0.4) is 0 Å². The van der Waals surface area contributed by atoms with E-state index in [0.717, 1.165) is 10.9 Å². The third kappa shape index (κ3) is 4.25. The monoisotopic (exact) mass is 381 g/mol. The van der Waals surface area contributed by atoms with Crippen molar-refractivity contribution in [3.63, 3.8) is 0 Å². The first-order valence-corrected chi connectivity index (χ1v) is 8.63. The number of halogens is 1. The predicted octanol–water partition coefficient (Wildman–Crippen LogP) is 3.40. The Labute approximate surface area is 161 Å². The smallest absolute Gasteiger partial charge is 0.255 e. The molecule has 6 nitrogen and oxygen atoms in total. The van der Waals surface area contributed by atoms with Crippen LogP contribution in [0.2, 0.25) is 0 Å². The summed E-state index contributed by atoms with van der Waals surface area (Å²) in [4.78, 5) is 30.8. The molecule has 0 saturated carbocycles. The normalized spacial score (nSPS) is 10.6. The van der Waals surface area contributed by atoms with E-state index >= 15 is 0 Å². The number of benzene rings is 2. The second-order valence-corrected chi connectivity index (χ2v) is 6.40. The molecule has 0 bridgehead atoms. The lowest BCUT2D eigenvalue weighted by Crippen LogP contribution is -2.35. The van der Waals surface area contributed by atoms with Crippen LogP contribution in [0, 0.1) is 12.7 Å². The molecule has 2 amide bonds. The van der Waals surface area contributed by atoms with E-state index in [1.807, 2.05) is 6.07 Å². The number of nitrogens with zero attached hydrogens (tertiary/aromatic N) is 2. The number of aryl methyl sites for hydroxylation is 1. The van der Waals surface area contributed by atoms with Crippen LogP contribution in [0.5, 0.6) is 5.75 Å². The van der Waals surface area contributed by atoms with E-state index in [1.165, 1.54) is 29.2 Å². The average Bonchev–Trinajstić information content (AvgIpc) is 2.68. The van der Waals surface area contributed by atoms with Crippen molar-refractivity contribution in [2.75, 3.05) is 26.0 Å². The number of carbonyl (C=O) groups is 2. The highest BCUT2D eigenvalue weighted by Crippen LogP contribution is 2.22. The molecular formula is C21H20FN3O3. The highest BCUT2D eigenvalue weighted by Gasteiger charge is 2.18. The Bertz CT molecular complexity index is 1030. The molecular weight excluding hydrogens is 361 g/mol. The molecule has 28 heavy (non-hydrogen) atoms. The highest BCUT2D eigenvalue weighted by atomic mass is 19.1. The van der Waals surface area contributed by atoms with Gasteiger partial charge in [-0.05, 0) is 49.4 Å². The minimum absolute atomic E-state index is 0.143. The zero-order valence-electron chi connectivity index (χ0n) is 15.8. The lowest BCUT2D eigenvalue weighted by Gasteiger charge is -2.18. The molecule has 1 N–H and O–H groups in total. The molecule has 3 rings (SSSR count). The van der Waals surface area contributed by atoms with Gasteiger partial charge in [-0.2, -0.15) is 0 Å². The molecule has 0 aliphatic rings. The number of hydrogen-bond acceptors (Lipinski definition) is 4. The van der Waals surface area contributed by atoms with Gasteiger partial charge in [0.1, 0.15) is 11.6 Å². The van der Waals surface area contributed by atoms with Gasteiger partial charge in [-0.15, -0.1) is 0 Å². The molecule has 3 aromatic rings. The van der Waals surface area contributed by atoms with Crippen molar-refractivity contribution in [1.82, 2.24) is 9.88 Å². The number of carbonyl (C=O) groups excluding carboxylic acids is 2. The maximum Gasteiger partial charge on any atom is 0.255 e. The number of fused-ring (bicyclic) bond motifs is 1. The number of hydrogen-bond donors (Lipinski definition) is 1. The van der Waals surface area contributed by atoms with Crippen molar-refractivity contribution in [3.05, 3.63) is 65.6 Å². The van der Waals surface area contributed by atoms with Gasteiger partial charge in [-0.25, -0.2) is 4.39 Å². The Balaban J connectivity index is 1.74. The van der Waals surface area contributed by atoms with E-state index in [4.69, 9.17) is 4.74 Å². The summed E-state index contributed by atoms with van der Waals surface area (Å²) in [5.74, 6) is -0.383. The Hall–Kier alpha value is -3.48. The lowest BCUT2D eigenvalue weighted by atomic mass is 10.1. The van der Waals surface area contributed by atoms with Gasteiger partial charge >= 0.3 is 0 Å². The summed E-state index contributed by atoms with van der Waals surface area (Å²) in [6.45, 7) is 1.61. The lowest BCUT2D eigenvalue weighted by molar-refractivity contribution is -0.116. The van der Waals surface area contributed by atoms with Gasteiger partial charge in [0.05, 0.1) is 30.4 Å². The summed E-state index contributed by atoms with van der Waals surface area (Å²) in [7, 11) is 3.13. The van der Waals surface area contributed by atoms with Crippen molar-refractivity contribution in [1.29, 1.82) is 0 Å². The molecule has 0 aliphatic carbocycles. The van der Waals surface area contributed by atoms with E-state index < -0.39 is 0 Å². The van der Waals surface area contributed by atoms with Crippen LogP contribution in [0.4, 0.5) is 10.1 Å². The minimum Gasteiger partial charge on any atom is -0.497 e. The molecule has 0 aliphatic heterocycles. The third-order valence-corrected chi connectivity index (χ3v) is 4.30. The Kier molecular flexibility index (Phi) is 5.54. The number of methoxy groups -OCH3 is 1. The molecule has 0 unspecified atom stereocenters. The molecule has 0 radical (unpaired) electrons. The number of pyridine rings is 1. The number of anilines is 1. The number of nitrogens with one attached hydrogen (secondary N) is 1. The zero-order chi connectivity index (χ0) is 20.3. The summed E-state index contributed by atoms with van der Waals surface area (Å²) >= 11 is 0. The van der Waals surface area contributed by atoms with E-state index in [1.54, 1.807) is 39.3 Å². The molecule has 0 spiro atoms. The minimum atomic E-state index is -0.387. The topological polar surface area (TPSA) is 71.5 Å². The van der Waals surface area contributed by atoms with Crippen molar-refractivity contribution in [2.24, 2.45) is 0 Å². The van der Waals surface area contributed by atoms with Crippen molar-refractivity contribution >= 4 is 28.4 Å². The first-order chi connectivity index (χ1) is 13.4. The third-order valence-electron chi connectivity index (χ3n) is 4.30. The quantitative estimate of drug-likeness (QED) is 0.735. The van der Waals surface area contributed by atoms with Crippen LogP contribution in [-0.2, 0) is 4.79 Å². The molecule has 1 aromatic heterocycles. The van der Waals surface area contributed by atoms with Crippen molar-refractivity contribution in [2.45, 2.75) is 6.92 Å². The van der Waals surface area contributed by atoms with Gasteiger partial charge < -0.3 is 15.0 Å². The molecule has 0 saturated heterocycles. The second-order valence-electron chi connectivity index (χ2n) is 6.40. The van der Waals surface area contributed by atoms with Gasteiger partial charge in [-0.3, -0.25) is 14.6 Å². The van der Waals surface area contributed by atoms with E-state index in [0.29, 0.717) is 22.7 Å². The van der Waals surface area contributed by atoms with Gasteiger partial charge in [0.25, 0.3) is 5.91 Å². The van der Waals surface area contributed by atoms with Crippen molar-refractivity contribution < 1.29 is 18.7 Å². The van der Waals surface area contributed by atoms with Crippen LogP contribution in [0.15, 0.2) is 48.5 Å². The molecule has 1 heterocycles. The summed E-state index contributed by atoms with van der Waals surface area (Å²) in [5.41, 5.74) is 2.18. The fourth-order valence-electron chi connectivity index (χ4n) is 2.81. The fraction of sp³-hybridized carbons (Fsp3) is 0.190. The highest BCUT2D eigenvalue weighted by molar-refractivity contribution is 6.01. The van der Waals surface area contributed by atoms with Crippen LogP contribution >= 0.6 is 0 Å². The van der Waals surface area contributed by atoms with Gasteiger partial charge in [0.2, 0.25) is 5.91 Å². The summed E-state index contributed by atoms with van der Waals surface area (Å²) in [6.07, 6.45) is 0. The molecule has 2 aromatic carbocycles. The molecule has 0 fully saturated rings. The van der Waals surface area contributed by atoms with E-state index in [2.05, 4.69) is 10.3 Å². The van der Waals surface area contributed by atoms with Gasteiger partial charge in [0, 0.05) is 24.2 Å². The maximum absolute atomic E-state index is 12.9. The average molecular weight is 381 g/mol. The molecule has 0 atom stereocenters. The maximum atomic E-state index is 12.9. The van der Waals surface area contributed by atoms with E-state index in [-0.39, 0.29) is 24.2 Å². The van der Waals surface area contributed by atoms with Crippen molar-refractivity contribution in [3.8, 4) is 5.75 Å². The zero-order valence-corrected chi connectivity index (χ0v) is 15.8. The number of amides is 2. The number of aromatic nitrogens is 1. The van der Waals surface area contributed by atoms with E-state index in [9.17, 15) is 14.0 Å². The summed E-state index contributed by atoms with van der Waals surface area (Å²) in [6, 6.07) is 12.6. The first-order valence-electron chi connectivity index (χ1n) is 8.63. The Morgan fingerprint density at radius 3 is 2.54 bits per heavy atom. The van der Waals surface area contributed by atoms with Crippen LogP contribution in [-0.4, -0.2) is 42.4 Å². The number of rotatable bonds is 5. The Morgan fingerprint density at radius 1 is 1.14 bits per heavy atom. The van der Waals surface area contributed by atoms with Crippen LogP contribution in [0.25, 0.3) is 10.9 Å². The predicted molar refractivity (Wildman–Crippen MR) is 105 cm³/mol. The van der Waals surface area contributed by atoms with Crippen LogP contribution < -0.4 is 10.1 Å². The second kappa shape index (κ2) is 8.04. The molecule has 144 valence electrons. The number of ether oxygens (including phenoxy) is 1. The van der Waals surface area contributed by atoms with Gasteiger partial charge in [-0.1, -0.05) is 0 Å². The SMILES string of the molecule is COc1ccc2cc(C(=O)N(C)CC(=O)Nc3ccc(F)cc3)c(C)nc2c1. The Morgan fingerprint density at radius 2 is 1.86 bits per heavy atom. The van der Waals surface area contributed by atoms with Crippen LogP contribution in [0.1, 0.15) is 16.1 Å². The summed E-state index contributed by atoms with van der Waals surface area (Å²) in [5, 5.41) is 3.44. The number of likely N-dealkylation sites (N-methyl/N-ethyl adjacent to an activating group) is 1. The first kappa shape index (κ1) is 19.3. The van der Waals surface area contributed by atoms with Gasteiger partial charge in [0.15, 0.2) is 0 Å². The fourth-order valence-corrected chi connectivity index (χ4v) is 2.81. The standard InChI is InChI=1S/C21H20FN3O3/c1-13-18(10-14-4-9-17(28-3)11-19(14)23-13)21(27)25(2)12-20(26)24-16-7-5-15(22)6-8-16/h4-11H,12H2,1-3H3,(H,24,26). The largest absolute Gasteiger partial charge is 0.497 e. The molecule has 7 heteroatoms.